The predicted molar refractivity (Wildman–Crippen MR) is 124 cm³/mol. The van der Waals surface area contributed by atoms with Crippen LogP contribution in [0.4, 0.5) is 0 Å². The molecule has 5 saturated carbocycles. The molecule has 1 heterocycles. The molecule has 0 amide bonds. The van der Waals surface area contributed by atoms with Crippen LogP contribution in [0, 0.1) is 50.7 Å². The van der Waals surface area contributed by atoms with E-state index >= 15 is 0 Å². The molecule has 0 bridgehead atoms. The zero-order chi connectivity index (χ0) is 23.8. The summed E-state index contributed by atoms with van der Waals surface area (Å²) in [6, 6.07) is 0. The van der Waals surface area contributed by atoms with Crippen LogP contribution in [0.3, 0.4) is 0 Å². The number of rotatable bonds is 1. The SMILES string of the molecule is COC(=O)C1C[C@@H](C)[C@H]2C(O1)[C@H](O)[C@@]1(C)C3CC[C@H]4C(C)(C)C(O)CC[C@@]45C[C@@]35CC[C@]21C. The Morgan fingerprint density at radius 2 is 1.64 bits per heavy atom. The van der Waals surface area contributed by atoms with Crippen LogP contribution in [0.25, 0.3) is 0 Å². The van der Waals surface area contributed by atoms with E-state index in [1.807, 2.05) is 0 Å². The summed E-state index contributed by atoms with van der Waals surface area (Å²) in [7, 11) is 1.42. The smallest absolute Gasteiger partial charge is 0.334 e. The standard InChI is InChI=1S/C28H44O5/c1-15-13-16(23(31)32-6)33-21-20(15)25(4)11-12-28-14-27(28)10-9-19(29)24(2,3)17(27)7-8-18(28)26(25,5)22(21)30/h15-22,29-30H,7-14H2,1-6H3/t15-,16?,17+,18?,19?,20+,21?,22+,25-,26-,27-,28+/m1/s1. The Morgan fingerprint density at radius 3 is 2.33 bits per heavy atom. The monoisotopic (exact) mass is 460 g/mol. The molecule has 1 aliphatic heterocycles. The molecule has 2 N–H and O–H groups in total. The van der Waals surface area contributed by atoms with Gasteiger partial charge in [-0.3, -0.25) is 0 Å². The molecule has 6 fully saturated rings. The van der Waals surface area contributed by atoms with E-state index in [4.69, 9.17) is 9.47 Å². The van der Waals surface area contributed by atoms with Crippen LogP contribution in [-0.4, -0.2) is 47.7 Å². The highest BCUT2D eigenvalue weighted by atomic mass is 16.6. The topological polar surface area (TPSA) is 76.0 Å². The summed E-state index contributed by atoms with van der Waals surface area (Å²) in [5.74, 6) is 1.35. The Labute approximate surface area is 199 Å². The summed E-state index contributed by atoms with van der Waals surface area (Å²) in [4.78, 5) is 12.4. The summed E-state index contributed by atoms with van der Waals surface area (Å²) >= 11 is 0. The van der Waals surface area contributed by atoms with Gasteiger partial charge in [0.15, 0.2) is 6.10 Å². The van der Waals surface area contributed by atoms with Crippen molar-refractivity contribution < 1.29 is 24.5 Å². The van der Waals surface area contributed by atoms with E-state index in [0.29, 0.717) is 35.0 Å². The maximum atomic E-state index is 12.4. The maximum Gasteiger partial charge on any atom is 0.334 e. The van der Waals surface area contributed by atoms with Crippen LogP contribution in [0.1, 0.15) is 86.0 Å². The molecule has 0 aromatic rings. The number of carbonyl (C=O) groups is 1. The van der Waals surface area contributed by atoms with Gasteiger partial charge in [-0.05, 0) is 96.7 Å². The lowest BCUT2D eigenvalue weighted by Gasteiger charge is -2.63. The molecule has 186 valence electrons. The summed E-state index contributed by atoms with van der Waals surface area (Å²) in [5, 5.41) is 22.9. The molecule has 33 heavy (non-hydrogen) atoms. The van der Waals surface area contributed by atoms with Crippen molar-refractivity contribution in [2.75, 3.05) is 7.11 Å². The lowest BCUT2D eigenvalue weighted by atomic mass is 9.41. The Hall–Kier alpha value is -0.650. The van der Waals surface area contributed by atoms with E-state index in [-0.39, 0.29) is 40.3 Å². The van der Waals surface area contributed by atoms with Gasteiger partial charge in [0.2, 0.25) is 0 Å². The van der Waals surface area contributed by atoms with Crippen LogP contribution in [-0.2, 0) is 14.3 Å². The second-order valence-corrected chi connectivity index (χ2v) is 14.0. The van der Waals surface area contributed by atoms with Crippen molar-refractivity contribution in [3.63, 3.8) is 0 Å². The highest BCUT2D eigenvalue weighted by molar-refractivity contribution is 5.74. The first-order valence-corrected chi connectivity index (χ1v) is 13.5. The zero-order valence-electron chi connectivity index (χ0n) is 21.4. The molecule has 0 radical (unpaired) electrons. The number of ether oxygens (including phenoxy) is 2. The predicted octanol–water partition coefficient (Wildman–Crippen LogP) is 4.33. The highest BCUT2D eigenvalue weighted by Crippen LogP contribution is 2.89. The maximum absolute atomic E-state index is 12.4. The van der Waals surface area contributed by atoms with Gasteiger partial charge >= 0.3 is 5.97 Å². The number of hydrogen-bond donors (Lipinski definition) is 2. The van der Waals surface area contributed by atoms with Crippen molar-refractivity contribution in [3.05, 3.63) is 0 Å². The summed E-state index contributed by atoms with van der Waals surface area (Å²) in [5.41, 5.74) is 0.420. The molecule has 6 aliphatic rings. The van der Waals surface area contributed by atoms with Gasteiger partial charge in [-0.2, -0.15) is 0 Å². The molecule has 2 spiro atoms. The molecular formula is C28H44O5. The number of methoxy groups -OCH3 is 1. The average Bonchev–Trinajstić information content (AvgIpc) is 3.41. The Morgan fingerprint density at radius 1 is 0.970 bits per heavy atom. The van der Waals surface area contributed by atoms with E-state index in [0.717, 1.165) is 32.1 Å². The summed E-state index contributed by atoms with van der Waals surface area (Å²) in [6.07, 6.45) is 7.09. The van der Waals surface area contributed by atoms with Gasteiger partial charge in [0.1, 0.15) is 0 Å². The van der Waals surface area contributed by atoms with E-state index in [2.05, 4.69) is 34.6 Å². The lowest BCUT2D eigenvalue weighted by molar-refractivity contribution is -0.184. The molecule has 4 unspecified atom stereocenters. The first kappa shape index (κ1) is 22.8. The van der Waals surface area contributed by atoms with Gasteiger partial charge < -0.3 is 19.7 Å². The summed E-state index contributed by atoms with van der Waals surface area (Å²) in [6.45, 7) is 11.7. The third-order valence-corrected chi connectivity index (χ3v) is 13.2. The molecule has 0 aromatic carbocycles. The van der Waals surface area contributed by atoms with Crippen molar-refractivity contribution in [1.29, 1.82) is 0 Å². The van der Waals surface area contributed by atoms with Crippen molar-refractivity contribution in [1.82, 2.24) is 0 Å². The highest BCUT2D eigenvalue weighted by Gasteiger charge is 2.84. The Balaban J connectivity index is 1.39. The third kappa shape index (κ3) is 2.34. The van der Waals surface area contributed by atoms with Crippen molar-refractivity contribution in [3.8, 4) is 0 Å². The third-order valence-electron chi connectivity index (χ3n) is 13.2. The minimum absolute atomic E-state index is 0.00776. The molecule has 5 aliphatic carbocycles. The number of esters is 1. The average molecular weight is 461 g/mol. The molecule has 6 rings (SSSR count). The van der Waals surface area contributed by atoms with Gasteiger partial charge in [0.05, 0.1) is 25.4 Å². The number of carbonyl (C=O) groups excluding carboxylic acids is 1. The van der Waals surface area contributed by atoms with Crippen molar-refractivity contribution in [2.45, 2.75) is 110 Å². The molecule has 5 heteroatoms. The van der Waals surface area contributed by atoms with Crippen molar-refractivity contribution in [2.24, 2.45) is 50.7 Å². The largest absolute Gasteiger partial charge is 0.467 e. The van der Waals surface area contributed by atoms with E-state index in [1.165, 1.54) is 20.0 Å². The van der Waals surface area contributed by atoms with Crippen LogP contribution < -0.4 is 0 Å². The van der Waals surface area contributed by atoms with Gasteiger partial charge in [0.25, 0.3) is 0 Å². The normalized spacial score (nSPS) is 60.5. The second kappa shape index (κ2) is 6.56. The fourth-order valence-electron chi connectivity index (χ4n) is 11.6. The minimum atomic E-state index is -0.564. The number of aliphatic hydroxyl groups is 2. The van der Waals surface area contributed by atoms with E-state index < -0.39 is 12.2 Å². The van der Waals surface area contributed by atoms with Gasteiger partial charge in [-0.25, -0.2) is 4.79 Å². The molecule has 1 saturated heterocycles. The fourth-order valence-corrected chi connectivity index (χ4v) is 11.6. The van der Waals surface area contributed by atoms with Crippen LogP contribution in [0.2, 0.25) is 0 Å². The summed E-state index contributed by atoms with van der Waals surface area (Å²) < 4.78 is 11.4. The minimum Gasteiger partial charge on any atom is -0.467 e. The molecule has 12 atom stereocenters. The van der Waals surface area contributed by atoms with E-state index in [1.54, 1.807) is 0 Å². The molecule has 5 nitrogen and oxygen atoms in total. The lowest BCUT2D eigenvalue weighted by Crippen LogP contribution is -2.59. The second-order valence-electron chi connectivity index (χ2n) is 14.0. The van der Waals surface area contributed by atoms with Gasteiger partial charge in [-0.15, -0.1) is 0 Å². The van der Waals surface area contributed by atoms with Crippen LogP contribution >= 0.6 is 0 Å². The zero-order valence-corrected chi connectivity index (χ0v) is 21.4. The molecule has 0 aromatic heterocycles. The van der Waals surface area contributed by atoms with Crippen LogP contribution in [0.5, 0.6) is 0 Å². The quantitative estimate of drug-likeness (QED) is 0.570. The van der Waals surface area contributed by atoms with Gasteiger partial charge in [-0.1, -0.05) is 34.6 Å². The Kier molecular flexibility index (Phi) is 4.53. The number of fused-ring (bicyclic) bond motifs is 4. The van der Waals surface area contributed by atoms with Crippen molar-refractivity contribution >= 4 is 5.97 Å². The Bertz CT molecular complexity index is 870. The first-order valence-electron chi connectivity index (χ1n) is 13.5. The van der Waals surface area contributed by atoms with E-state index in [9.17, 15) is 15.0 Å². The van der Waals surface area contributed by atoms with Crippen LogP contribution in [0.15, 0.2) is 0 Å². The fraction of sp³-hybridized carbons (Fsp3) is 0.964. The number of aliphatic hydroxyl groups excluding tert-OH is 2. The number of hydrogen-bond acceptors (Lipinski definition) is 5. The van der Waals surface area contributed by atoms with Gasteiger partial charge in [0, 0.05) is 5.41 Å². The first-order chi connectivity index (χ1) is 15.4. The molecular weight excluding hydrogens is 416 g/mol.